The third-order valence-corrected chi connectivity index (χ3v) is 5.33. The number of amides is 1. The van der Waals surface area contributed by atoms with Crippen LogP contribution in [0.1, 0.15) is 17.5 Å². The van der Waals surface area contributed by atoms with Gasteiger partial charge in [-0.15, -0.1) is 0 Å². The normalized spacial score (nSPS) is 21.1. The first-order valence-electron chi connectivity index (χ1n) is 8.01. The SMILES string of the molecule is CN(C)[C@@H]1CCN(C(=O)Cc2ccsc2)[C@H]1Cc1cccnc1. The third kappa shape index (κ3) is 3.79. The number of rotatable bonds is 5. The van der Waals surface area contributed by atoms with Crippen LogP contribution in [0.4, 0.5) is 0 Å². The minimum absolute atomic E-state index is 0.223. The molecule has 0 aromatic carbocycles. The Hall–Kier alpha value is -1.72. The van der Waals surface area contributed by atoms with E-state index in [1.165, 1.54) is 5.56 Å². The zero-order chi connectivity index (χ0) is 16.2. The second kappa shape index (κ2) is 7.23. The lowest BCUT2D eigenvalue weighted by atomic mass is 10.00. The predicted molar refractivity (Wildman–Crippen MR) is 93.6 cm³/mol. The summed E-state index contributed by atoms with van der Waals surface area (Å²) < 4.78 is 0. The van der Waals surface area contributed by atoms with Crippen LogP contribution in [0, 0.1) is 0 Å². The highest BCUT2D eigenvalue weighted by molar-refractivity contribution is 7.07. The van der Waals surface area contributed by atoms with Crippen LogP contribution in [-0.4, -0.2) is 53.4 Å². The van der Waals surface area contributed by atoms with Crippen LogP contribution >= 0.6 is 11.3 Å². The van der Waals surface area contributed by atoms with E-state index in [0.717, 1.165) is 24.9 Å². The van der Waals surface area contributed by atoms with Gasteiger partial charge >= 0.3 is 0 Å². The van der Waals surface area contributed by atoms with E-state index < -0.39 is 0 Å². The van der Waals surface area contributed by atoms with Crippen LogP contribution in [0.25, 0.3) is 0 Å². The molecule has 0 spiro atoms. The highest BCUT2D eigenvalue weighted by Gasteiger charge is 2.37. The first-order valence-corrected chi connectivity index (χ1v) is 8.95. The van der Waals surface area contributed by atoms with Crippen LogP contribution in [0.3, 0.4) is 0 Å². The summed E-state index contributed by atoms with van der Waals surface area (Å²) in [5.41, 5.74) is 2.31. The van der Waals surface area contributed by atoms with E-state index in [9.17, 15) is 4.79 Å². The molecule has 0 aliphatic carbocycles. The number of aromatic nitrogens is 1. The van der Waals surface area contributed by atoms with Gasteiger partial charge in [0, 0.05) is 25.0 Å². The predicted octanol–water partition coefficient (Wildman–Crippen LogP) is 2.46. The first kappa shape index (κ1) is 16.1. The standard InChI is InChI=1S/C18H23N3OS/c1-20(2)16-5-8-21(18(22)11-15-6-9-23-13-15)17(16)10-14-4-3-7-19-12-14/h3-4,6-7,9,12-13,16-17H,5,8,10-11H2,1-2H3/t16-,17+/m1/s1. The topological polar surface area (TPSA) is 36.4 Å². The largest absolute Gasteiger partial charge is 0.337 e. The fourth-order valence-corrected chi connectivity index (χ4v) is 4.09. The van der Waals surface area contributed by atoms with Crippen molar-refractivity contribution in [3.05, 3.63) is 52.5 Å². The molecule has 23 heavy (non-hydrogen) atoms. The molecule has 1 aliphatic heterocycles. The van der Waals surface area contributed by atoms with Crippen molar-refractivity contribution in [2.45, 2.75) is 31.3 Å². The van der Waals surface area contributed by atoms with Crippen molar-refractivity contribution in [2.24, 2.45) is 0 Å². The Balaban J connectivity index is 1.76. The summed E-state index contributed by atoms with van der Waals surface area (Å²) in [5, 5.41) is 4.09. The number of hydrogen-bond acceptors (Lipinski definition) is 4. The molecule has 0 radical (unpaired) electrons. The molecule has 4 nitrogen and oxygen atoms in total. The lowest BCUT2D eigenvalue weighted by molar-refractivity contribution is -0.131. The van der Waals surface area contributed by atoms with Crippen molar-refractivity contribution in [1.29, 1.82) is 0 Å². The number of likely N-dealkylation sites (tertiary alicyclic amines) is 1. The maximum atomic E-state index is 12.8. The number of carbonyl (C=O) groups is 1. The summed E-state index contributed by atoms with van der Waals surface area (Å²) in [5.74, 6) is 0.238. The molecule has 1 fully saturated rings. The van der Waals surface area contributed by atoms with Crippen molar-refractivity contribution in [2.75, 3.05) is 20.6 Å². The molecule has 1 saturated heterocycles. The van der Waals surface area contributed by atoms with E-state index in [1.807, 2.05) is 23.7 Å². The van der Waals surface area contributed by atoms with Crippen LogP contribution in [0.2, 0.25) is 0 Å². The van der Waals surface area contributed by atoms with E-state index in [0.29, 0.717) is 12.5 Å². The minimum Gasteiger partial charge on any atom is -0.337 e. The second-order valence-corrected chi connectivity index (χ2v) is 7.13. The van der Waals surface area contributed by atoms with Gasteiger partial charge in [0.1, 0.15) is 0 Å². The van der Waals surface area contributed by atoms with Crippen molar-refractivity contribution in [3.8, 4) is 0 Å². The number of thiophene rings is 1. The lowest BCUT2D eigenvalue weighted by Crippen LogP contribution is -2.46. The number of hydrogen-bond donors (Lipinski definition) is 0. The average molecular weight is 329 g/mol. The Morgan fingerprint density at radius 1 is 1.39 bits per heavy atom. The van der Waals surface area contributed by atoms with E-state index >= 15 is 0 Å². The molecule has 1 aliphatic rings. The molecule has 1 amide bonds. The molecule has 0 N–H and O–H groups in total. The van der Waals surface area contributed by atoms with Crippen LogP contribution in [0.5, 0.6) is 0 Å². The van der Waals surface area contributed by atoms with Gasteiger partial charge in [-0.3, -0.25) is 9.78 Å². The van der Waals surface area contributed by atoms with E-state index in [1.54, 1.807) is 17.5 Å². The van der Waals surface area contributed by atoms with Gasteiger partial charge in [-0.1, -0.05) is 6.07 Å². The number of likely N-dealkylation sites (N-methyl/N-ethyl adjacent to an activating group) is 1. The van der Waals surface area contributed by atoms with Crippen molar-refractivity contribution < 1.29 is 4.79 Å². The van der Waals surface area contributed by atoms with Crippen molar-refractivity contribution >= 4 is 17.2 Å². The Labute approximate surface area is 141 Å². The molecule has 2 aromatic heterocycles. The summed E-state index contributed by atoms with van der Waals surface area (Å²) >= 11 is 1.65. The Morgan fingerprint density at radius 3 is 2.91 bits per heavy atom. The van der Waals surface area contributed by atoms with Gasteiger partial charge in [0.05, 0.1) is 12.5 Å². The zero-order valence-electron chi connectivity index (χ0n) is 13.7. The fraction of sp³-hybridized carbons (Fsp3) is 0.444. The Bertz CT molecular complexity index is 627. The van der Waals surface area contributed by atoms with Gasteiger partial charge in [-0.05, 0) is 61.0 Å². The second-order valence-electron chi connectivity index (χ2n) is 6.35. The quantitative estimate of drug-likeness (QED) is 0.845. The molecule has 5 heteroatoms. The summed E-state index contributed by atoms with van der Waals surface area (Å²) in [4.78, 5) is 21.3. The van der Waals surface area contributed by atoms with Gasteiger partial charge in [-0.2, -0.15) is 11.3 Å². The van der Waals surface area contributed by atoms with Crippen LogP contribution in [-0.2, 0) is 17.6 Å². The number of carbonyl (C=O) groups excluding carboxylic acids is 1. The summed E-state index contributed by atoms with van der Waals surface area (Å²) in [7, 11) is 4.21. The molecular formula is C18H23N3OS. The number of nitrogens with zero attached hydrogens (tertiary/aromatic N) is 3. The number of pyridine rings is 1. The molecule has 0 saturated carbocycles. The molecular weight excluding hydrogens is 306 g/mol. The molecule has 122 valence electrons. The van der Waals surface area contributed by atoms with Crippen molar-refractivity contribution in [1.82, 2.24) is 14.8 Å². The maximum Gasteiger partial charge on any atom is 0.227 e. The molecule has 2 aromatic rings. The molecule has 2 atom stereocenters. The summed E-state index contributed by atoms with van der Waals surface area (Å²) in [6, 6.07) is 6.73. The Morgan fingerprint density at radius 2 is 2.26 bits per heavy atom. The maximum absolute atomic E-state index is 12.8. The highest BCUT2D eigenvalue weighted by atomic mass is 32.1. The minimum atomic E-state index is 0.223. The van der Waals surface area contributed by atoms with Gasteiger partial charge in [0.15, 0.2) is 0 Å². The van der Waals surface area contributed by atoms with E-state index in [2.05, 4.69) is 40.3 Å². The highest BCUT2D eigenvalue weighted by Crippen LogP contribution is 2.25. The zero-order valence-corrected chi connectivity index (χ0v) is 14.5. The van der Waals surface area contributed by atoms with E-state index in [4.69, 9.17) is 0 Å². The fourth-order valence-electron chi connectivity index (χ4n) is 3.43. The molecule has 3 rings (SSSR count). The molecule has 3 heterocycles. The average Bonchev–Trinajstić information content (AvgIpc) is 3.18. The van der Waals surface area contributed by atoms with Gasteiger partial charge in [0.2, 0.25) is 5.91 Å². The summed E-state index contributed by atoms with van der Waals surface area (Å²) in [6.07, 6.45) is 6.11. The first-order chi connectivity index (χ1) is 11.1. The van der Waals surface area contributed by atoms with Gasteiger partial charge < -0.3 is 9.80 Å². The van der Waals surface area contributed by atoms with Crippen LogP contribution < -0.4 is 0 Å². The molecule has 0 bridgehead atoms. The smallest absolute Gasteiger partial charge is 0.227 e. The third-order valence-electron chi connectivity index (χ3n) is 4.60. The summed E-state index contributed by atoms with van der Waals surface area (Å²) in [6.45, 7) is 0.844. The lowest BCUT2D eigenvalue weighted by Gasteiger charge is -2.31. The molecule has 0 unspecified atom stereocenters. The van der Waals surface area contributed by atoms with Gasteiger partial charge in [-0.25, -0.2) is 0 Å². The van der Waals surface area contributed by atoms with Crippen molar-refractivity contribution in [3.63, 3.8) is 0 Å². The Kier molecular flexibility index (Phi) is 5.08. The van der Waals surface area contributed by atoms with E-state index in [-0.39, 0.29) is 11.9 Å². The van der Waals surface area contributed by atoms with Crippen LogP contribution in [0.15, 0.2) is 41.4 Å². The van der Waals surface area contributed by atoms with Gasteiger partial charge in [0.25, 0.3) is 0 Å². The monoisotopic (exact) mass is 329 g/mol.